The molecule has 1 atom stereocenters. The quantitative estimate of drug-likeness (QED) is 0.0346. The first-order chi connectivity index (χ1) is 27.7. The zero-order valence-corrected chi connectivity index (χ0v) is 39.0. The van der Waals surface area contributed by atoms with Crippen molar-refractivity contribution < 1.29 is 28.6 Å². The van der Waals surface area contributed by atoms with Gasteiger partial charge in [0.1, 0.15) is 13.2 Å². The zero-order valence-electron chi connectivity index (χ0n) is 39.0. The smallest absolute Gasteiger partial charge is 0.306 e. The fourth-order valence-corrected chi connectivity index (χ4v) is 7.64. The largest absolute Gasteiger partial charge is 0.462 e. The number of unbranched alkanes of at least 4 members (excludes halogenated alkanes) is 30. The molecule has 0 aliphatic carbocycles. The average molecular weight is 807 g/mol. The third-order valence-electron chi connectivity index (χ3n) is 11.5. The minimum atomic E-state index is -0.761. The van der Waals surface area contributed by atoms with Crippen LogP contribution in [0.15, 0.2) is 0 Å². The number of hydrogen-bond donors (Lipinski definition) is 0. The van der Waals surface area contributed by atoms with E-state index in [0.717, 1.165) is 69.6 Å². The van der Waals surface area contributed by atoms with E-state index < -0.39 is 6.10 Å². The van der Waals surface area contributed by atoms with Crippen molar-refractivity contribution in [2.45, 2.75) is 285 Å². The molecule has 0 amide bonds. The van der Waals surface area contributed by atoms with Crippen molar-refractivity contribution in [1.82, 2.24) is 0 Å². The summed E-state index contributed by atoms with van der Waals surface area (Å²) in [6.45, 7) is 11.3. The van der Waals surface area contributed by atoms with Crippen LogP contribution in [0.1, 0.15) is 279 Å². The van der Waals surface area contributed by atoms with E-state index in [2.05, 4.69) is 34.6 Å². The summed E-state index contributed by atoms with van der Waals surface area (Å²) in [5.41, 5.74) is 0. The Balaban J connectivity index is 4.33. The summed E-state index contributed by atoms with van der Waals surface area (Å²) in [4.78, 5) is 37.9. The van der Waals surface area contributed by atoms with Crippen LogP contribution in [0.2, 0.25) is 0 Å². The third kappa shape index (κ3) is 45.3. The summed E-state index contributed by atoms with van der Waals surface area (Å²) in [5, 5.41) is 0. The SMILES string of the molecule is CCCCCCCCCCCCCCCC(=O)OC[C@@H](COC(=O)CCCCCCCCCCCC(C)C)OC(=O)CCCCCCCCCCCCCC(C)C. The molecule has 57 heavy (non-hydrogen) atoms. The molecule has 0 unspecified atom stereocenters. The number of hydrogen-bond acceptors (Lipinski definition) is 6. The Morgan fingerprint density at radius 3 is 0.860 bits per heavy atom. The fourth-order valence-electron chi connectivity index (χ4n) is 7.64. The van der Waals surface area contributed by atoms with Crippen molar-refractivity contribution in [3.05, 3.63) is 0 Å². The standard InChI is InChI=1S/C51H98O6/c1-6-7-8-9-10-11-12-13-16-21-26-31-36-41-49(52)55-44-48(45-56-50(53)42-37-32-27-23-18-20-25-30-35-40-47(4)5)57-51(54)43-38-33-28-22-17-14-15-19-24-29-34-39-46(2)3/h46-48H,6-45H2,1-5H3/t48-/m0/s1. The van der Waals surface area contributed by atoms with Crippen LogP contribution in [-0.2, 0) is 28.6 Å². The van der Waals surface area contributed by atoms with Gasteiger partial charge in [0.05, 0.1) is 0 Å². The second-order valence-corrected chi connectivity index (χ2v) is 18.4. The molecule has 0 saturated carbocycles. The van der Waals surface area contributed by atoms with Gasteiger partial charge in [-0.25, -0.2) is 0 Å². The molecule has 6 nitrogen and oxygen atoms in total. The first-order valence-corrected chi connectivity index (χ1v) is 25.2. The molecule has 0 heterocycles. The molecular weight excluding hydrogens is 709 g/mol. The van der Waals surface area contributed by atoms with Crippen molar-refractivity contribution in [2.75, 3.05) is 13.2 Å². The average Bonchev–Trinajstić information content (AvgIpc) is 3.18. The Morgan fingerprint density at radius 1 is 0.333 bits per heavy atom. The van der Waals surface area contributed by atoms with Gasteiger partial charge in [-0.15, -0.1) is 0 Å². The van der Waals surface area contributed by atoms with Crippen LogP contribution in [0.3, 0.4) is 0 Å². The van der Waals surface area contributed by atoms with Gasteiger partial charge in [-0.3, -0.25) is 14.4 Å². The first kappa shape index (κ1) is 55.4. The Hall–Kier alpha value is -1.59. The number of carbonyl (C=O) groups is 3. The fraction of sp³-hybridized carbons (Fsp3) is 0.941. The molecule has 0 aromatic carbocycles. The van der Waals surface area contributed by atoms with Crippen LogP contribution in [0.5, 0.6) is 0 Å². The minimum Gasteiger partial charge on any atom is -0.462 e. The van der Waals surface area contributed by atoms with Crippen LogP contribution in [0.4, 0.5) is 0 Å². The molecule has 6 heteroatoms. The predicted molar refractivity (Wildman–Crippen MR) is 243 cm³/mol. The molecule has 0 saturated heterocycles. The highest BCUT2D eigenvalue weighted by atomic mass is 16.6. The van der Waals surface area contributed by atoms with Crippen LogP contribution in [0, 0.1) is 11.8 Å². The van der Waals surface area contributed by atoms with E-state index in [1.54, 1.807) is 0 Å². The Labute approximate surface area is 355 Å². The molecule has 0 fully saturated rings. The lowest BCUT2D eigenvalue weighted by Crippen LogP contribution is -2.30. The molecule has 0 rings (SSSR count). The maximum absolute atomic E-state index is 12.8. The number of rotatable bonds is 45. The predicted octanol–water partition coefficient (Wildman–Crippen LogP) is 16.1. The van der Waals surface area contributed by atoms with E-state index in [1.807, 2.05) is 0 Å². The Morgan fingerprint density at radius 2 is 0.579 bits per heavy atom. The molecule has 0 bridgehead atoms. The molecule has 0 aromatic heterocycles. The van der Waals surface area contributed by atoms with Gasteiger partial charge in [0, 0.05) is 19.3 Å². The molecule has 0 aromatic rings. The third-order valence-corrected chi connectivity index (χ3v) is 11.5. The minimum absolute atomic E-state index is 0.0640. The van der Waals surface area contributed by atoms with Gasteiger partial charge in [0.2, 0.25) is 0 Å². The van der Waals surface area contributed by atoms with E-state index in [0.29, 0.717) is 19.3 Å². The van der Waals surface area contributed by atoms with Gasteiger partial charge in [0.15, 0.2) is 6.10 Å². The van der Waals surface area contributed by atoms with Gasteiger partial charge in [-0.2, -0.15) is 0 Å². The van der Waals surface area contributed by atoms with Crippen molar-refractivity contribution in [2.24, 2.45) is 11.8 Å². The lowest BCUT2D eigenvalue weighted by Gasteiger charge is -2.18. The monoisotopic (exact) mass is 807 g/mol. The van der Waals surface area contributed by atoms with Crippen LogP contribution in [0.25, 0.3) is 0 Å². The highest BCUT2D eigenvalue weighted by Gasteiger charge is 2.19. The lowest BCUT2D eigenvalue weighted by molar-refractivity contribution is -0.167. The van der Waals surface area contributed by atoms with Gasteiger partial charge in [-0.05, 0) is 31.1 Å². The molecular formula is C51H98O6. The van der Waals surface area contributed by atoms with E-state index in [-0.39, 0.29) is 31.1 Å². The number of carbonyl (C=O) groups excluding carboxylic acids is 3. The molecule has 0 N–H and O–H groups in total. The normalized spacial score (nSPS) is 12.1. The summed E-state index contributed by atoms with van der Waals surface area (Å²) < 4.78 is 16.8. The number of esters is 3. The molecule has 338 valence electrons. The van der Waals surface area contributed by atoms with Crippen molar-refractivity contribution in [1.29, 1.82) is 0 Å². The highest BCUT2D eigenvalue weighted by Crippen LogP contribution is 2.17. The summed E-state index contributed by atoms with van der Waals surface area (Å²) in [6, 6.07) is 0. The second kappa shape index (κ2) is 44.0. The van der Waals surface area contributed by atoms with E-state index in [4.69, 9.17) is 14.2 Å². The van der Waals surface area contributed by atoms with Crippen molar-refractivity contribution in [3.8, 4) is 0 Å². The summed E-state index contributed by atoms with van der Waals surface area (Å²) in [6.07, 6.45) is 43.7. The van der Waals surface area contributed by atoms with E-state index >= 15 is 0 Å². The summed E-state index contributed by atoms with van der Waals surface area (Å²) in [7, 11) is 0. The molecule has 0 aliphatic heterocycles. The van der Waals surface area contributed by atoms with Crippen molar-refractivity contribution >= 4 is 17.9 Å². The lowest BCUT2D eigenvalue weighted by atomic mass is 10.0. The zero-order chi connectivity index (χ0) is 41.9. The molecule has 0 aliphatic rings. The van der Waals surface area contributed by atoms with Gasteiger partial charge in [-0.1, -0.05) is 240 Å². The van der Waals surface area contributed by atoms with Crippen LogP contribution >= 0.6 is 0 Å². The van der Waals surface area contributed by atoms with Gasteiger partial charge >= 0.3 is 17.9 Å². The van der Waals surface area contributed by atoms with Gasteiger partial charge in [0.25, 0.3) is 0 Å². The topological polar surface area (TPSA) is 78.9 Å². The first-order valence-electron chi connectivity index (χ1n) is 25.2. The van der Waals surface area contributed by atoms with Crippen LogP contribution < -0.4 is 0 Å². The number of ether oxygens (including phenoxy) is 3. The maximum atomic E-state index is 12.8. The van der Waals surface area contributed by atoms with E-state index in [1.165, 1.54) is 167 Å². The molecule has 0 radical (unpaired) electrons. The Kier molecular flexibility index (Phi) is 42.7. The summed E-state index contributed by atoms with van der Waals surface area (Å²) in [5.74, 6) is 0.783. The van der Waals surface area contributed by atoms with Gasteiger partial charge < -0.3 is 14.2 Å². The Bertz CT molecular complexity index is 870. The van der Waals surface area contributed by atoms with Crippen molar-refractivity contribution in [3.63, 3.8) is 0 Å². The van der Waals surface area contributed by atoms with E-state index in [9.17, 15) is 14.4 Å². The molecule has 0 spiro atoms. The highest BCUT2D eigenvalue weighted by molar-refractivity contribution is 5.71. The van der Waals surface area contributed by atoms with Crippen LogP contribution in [-0.4, -0.2) is 37.2 Å². The summed E-state index contributed by atoms with van der Waals surface area (Å²) >= 11 is 0. The second-order valence-electron chi connectivity index (χ2n) is 18.4. The maximum Gasteiger partial charge on any atom is 0.306 e.